The molecular weight excluding hydrogens is 390 g/mol. The van der Waals surface area contributed by atoms with Gasteiger partial charge in [-0.15, -0.1) is 0 Å². The monoisotopic (exact) mass is 423 g/mol. The van der Waals surface area contributed by atoms with E-state index >= 15 is 0 Å². The lowest BCUT2D eigenvalue weighted by molar-refractivity contribution is 0.0773. The Labute approximate surface area is 185 Å². The standard InChI is InChI=1S/C25H33N3O3/c1-6-28(7-2)23(29)18-10-8-17(9-11-18)19-12-13-22-20(16-19)21(14-15-31-22)26-24(30)27-25(3,4)5/h8-13,16,21H,6-7,14-15H2,1-5H3,(H2,26,27,30). The number of amides is 3. The average Bonchev–Trinajstić information content (AvgIpc) is 2.73. The molecule has 1 heterocycles. The number of urea groups is 1. The summed E-state index contributed by atoms with van der Waals surface area (Å²) in [5.41, 5.74) is 3.39. The van der Waals surface area contributed by atoms with Crippen molar-refractivity contribution in [1.29, 1.82) is 0 Å². The molecule has 6 nitrogen and oxygen atoms in total. The third kappa shape index (κ3) is 5.57. The number of hydrogen-bond donors (Lipinski definition) is 2. The maximum atomic E-state index is 12.6. The number of benzene rings is 2. The summed E-state index contributed by atoms with van der Waals surface area (Å²) in [5.74, 6) is 0.842. The summed E-state index contributed by atoms with van der Waals surface area (Å²) in [6, 6.07) is 13.4. The van der Waals surface area contributed by atoms with Crippen LogP contribution in [-0.2, 0) is 0 Å². The maximum Gasteiger partial charge on any atom is 0.315 e. The molecule has 2 N–H and O–H groups in total. The molecule has 0 saturated carbocycles. The van der Waals surface area contributed by atoms with Crippen LogP contribution in [0.5, 0.6) is 5.75 Å². The van der Waals surface area contributed by atoms with Crippen molar-refractivity contribution in [2.75, 3.05) is 19.7 Å². The molecule has 0 spiro atoms. The summed E-state index contributed by atoms with van der Waals surface area (Å²) in [6.45, 7) is 11.8. The van der Waals surface area contributed by atoms with Gasteiger partial charge >= 0.3 is 6.03 Å². The van der Waals surface area contributed by atoms with Crippen LogP contribution < -0.4 is 15.4 Å². The molecule has 1 unspecified atom stereocenters. The van der Waals surface area contributed by atoms with E-state index in [9.17, 15) is 9.59 Å². The molecule has 0 aliphatic carbocycles. The summed E-state index contributed by atoms with van der Waals surface area (Å²) in [5, 5.41) is 6.03. The number of hydrogen-bond acceptors (Lipinski definition) is 3. The predicted octanol–water partition coefficient (Wildman–Crippen LogP) is 4.76. The van der Waals surface area contributed by atoms with Crippen LogP contribution in [0, 0.1) is 0 Å². The number of fused-ring (bicyclic) bond motifs is 1. The minimum absolute atomic E-state index is 0.0458. The van der Waals surface area contributed by atoms with Crippen molar-refractivity contribution in [2.45, 2.75) is 52.6 Å². The topological polar surface area (TPSA) is 70.7 Å². The van der Waals surface area contributed by atoms with Gasteiger partial charge in [0.15, 0.2) is 0 Å². The van der Waals surface area contributed by atoms with Crippen molar-refractivity contribution in [2.24, 2.45) is 0 Å². The molecule has 3 amide bonds. The Morgan fingerprint density at radius 1 is 1.03 bits per heavy atom. The van der Waals surface area contributed by atoms with Gasteiger partial charge in [0.25, 0.3) is 5.91 Å². The number of nitrogens with one attached hydrogen (secondary N) is 2. The Morgan fingerprint density at radius 3 is 2.29 bits per heavy atom. The highest BCUT2D eigenvalue weighted by atomic mass is 16.5. The number of carbonyl (C=O) groups excluding carboxylic acids is 2. The first-order valence-corrected chi connectivity index (χ1v) is 11.0. The Morgan fingerprint density at radius 2 is 1.68 bits per heavy atom. The van der Waals surface area contributed by atoms with Gasteiger partial charge in [-0.3, -0.25) is 4.79 Å². The Kier molecular flexibility index (Phi) is 6.88. The zero-order valence-corrected chi connectivity index (χ0v) is 19.1. The zero-order valence-electron chi connectivity index (χ0n) is 19.1. The first kappa shape index (κ1) is 22.7. The van der Waals surface area contributed by atoms with Gasteiger partial charge in [-0.25, -0.2) is 4.79 Å². The molecule has 1 atom stereocenters. The van der Waals surface area contributed by atoms with Gasteiger partial charge in [-0.2, -0.15) is 0 Å². The molecule has 0 saturated heterocycles. The predicted molar refractivity (Wildman–Crippen MR) is 123 cm³/mol. The fraction of sp³-hybridized carbons (Fsp3) is 0.440. The van der Waals surface area contributed by atoms with Crippen molar-refractivity contribution in [3.05, 3.63) is 53.6 Å². The minimum atomic E-state index is -0.301. The highest BCUT2D eigenvalue weighted by Gasteiger charge is 2.25. The second kappa shape index (κ2) is 9.41. The van der Waals surface area contributed by atoms with Crippen molar-refractivity contribution in [3.8, 4) is 16.9 Å². The first-order valence-electron chi connectivity index (χ1n) is 11.0. The molecule has 2 aromatic rings. The second-order valence-electron chi connectivity index (χ2n) is 8.85. The molecule has 166 valence electrons. The van der Waals surface area contributed by atoms with E-state index in [1.54, 1.807) is 0 Å². The molecule has 0 fully saturated rings. The summed E-state index contributed by atoms with van der Waals surface area (Å²) in [4.78, 5) is 26.8. The Balaban J connectivity index is 1.81. The van der Waals surface area contributed by atoms with Gasteiger partial charge in [0.05, 0.1) is 12.6 Å². The largest absolute Gasteiger partial charge is 0.493 e. The van der Waals surface area contributed by atoms with Crippen LogP contribution in [0.15, 0.2) is 42.5 Å². The average molecular weight is 424 g/mol. The molecular formula is C25H33N3O3. The van der Waals surface area contributed by atoms with Crippen molar-refractivity contribution in [1.82, 2.24) is 15.5 Å². The molecule has 1 aliphatic rings. The van der Waals surface area contributed by atoms with Gasteiger partial charge in [-0.05, 0) is 70.0 Å². The molecule has 0 aromatic heterocycles. The highest BCUT2D eigenvalue weighted by molar-refractivity contribution is 5.94. The SMILES string of the molecule is CCN(CC)C(=O)c1ccc(-c2ccc3c(c2)C(NC(=O)NC(C)(C)C)CCO3)cc1. The first-order chi connectivity index (χ1) is 14.7. The summed E-state index contributed by atoms with van der Waals surface area (Å²) in [7, 11) is 0. The van der Waals surface area contributed by atoms with Gasteiger partial charge in [0.2, 0.25) is 0 Å². The number of ether oxygens (including phenoxy) is 1. The maximum absolute atomic E-state index is 12.6. The van der Waals surface area contributed by atoms with Crippen LogP contribution in [0.25, 0.3) is 11.1 Å². The molecule has 1 aliphatic heterocycles. The summed E-state index contributed by atoms with van der Waals surface area (Å²) in [6.07, 6.45) is 0.714. The van der Waals surface area contributed by atoms with Crippen LogP contribution in [0.3, 0.4) is 0 Å². The van der Waals surface area contributed by atoms with Crippen LogP contribution in [0.4, 0.5) is 4.79 Å². The highest BCUT2D eigenvalue weighted by Crippen LogP contribution is 2.35. The third-order valence-corrected chi connectivity index (χ3v) is 5.36. The molecule has 6 heteroatoms. The van der Waals surface area contributed by atoms with Gasteiger partial charge < -0.3 is 20.3 Å². The van der Waals surface area contributed by atoms with Gasteiger partial charge in [-0.1, -0.05) is 18.2 Å². The molecule has 0 bridgehead atoms. The van der Waals surface area contributed by atoms with E-state index in [0.717, 1.165) is 22.4 Å². The summed E-state index contributed by atoms with van der Waals surface area (Å²) < 4.78 is 5.81. The Hall–Kier alpha value is -3.02. The van der Waals surface area contributed by atoms with Crippen LogP contribution in [0.2, 0.25) is 0 Å². The van der Waals surface area contributed by atoms with E-state index in [1.807, 2.05) is 75.9 Å². The third-order valence-electron chi connectivity index (χ3n) is 5.36. The lowest BCUT2D eigenvalue weighted by atomic mass is 9.95. The van der Waals surface area contributed by atoms with E-state index in [0.29, 0.717) is 31.7 Å². The van der Waals surface area contributed by atoms with Crippen LogP contribution in [0.1, 0.15) is 63.0 Å². The quantitative estimate of drug-likeness (QED) is 0.729. The Bertz CT molecular complexity index is 928. The van der Waals surface area contributed by atoms with Crippen molar-refractivity contribution in [3.63, 3.8) is 0 Å². The van der Waals surface area contributed by atoms with Gasteiger partial charge in [0, 0.05) is 36.2 Å². The molecule has 31 heavy (non-hydrogen) atoms. The van der Waals surface area contributed by atoms with E-state index in [4.69, 9.17) is 4.74 Å². The lowest BCUT2D eigenvalue weighted by Gasteiger charge is -2.29. The van der Waals surface area contributed by atoms with E-state index < -0.39 is 0 Å². The van der Waals surface area contributed by atoms with Gasteiger partial charge in [0.1, 0.15) is 5.75 Å². The van der Waals surface area contributed by atoms with E-state index in [1.165, 1.54) is 0 Å². The van der Waals surface area contributed by atoms with Crippen LogP contribution in [-0.4, -0.2) is 42.1 Å². The molecule has 0 radical (unpaired) electrons. The fourth-order valence-electron chi connectivity index (χ4n) is 3.76. The van der Waals surface area contributed by atoms with Crippen LogP contribution >= 0.6 is 0 Å². The normalized spacial score (nSPS) is 15.5. The smallest absolute Gasteiger partial charge is 0.315 e. The molecule has 3 rings (SSSR count). The van der Waals surface area contributed by atoms with Crippen molar-refractivity contribution < 1.29 is 14.3 Å². The number of nitrogens with zero attached hydrogens (tertiary/aromatic N) is 1. The zero-order chi connectivity index (χ0) is 22.6. The summed E-state index contributed by atoms with van der Waals surface area (Å²) >= 11 is 0. The second-order valence-corrected chi connectivity index (χ2v) is 8.85. The fourth-order valence-corrected chi connectivity index (χ4v) is 3.76. The number of carbonyl (C=O) groups is 2. The molecule has 2 aromatic carbocycles. The van der Waals surface area contributed by atoms with E-state index in [-0.39, 0.29) is 23.5 Å². The van der Waals surface area contributed by atoms with E-state index in [2.05, 4.69) is 16.7 Å². The lowest BCUT2D eigenvalue weighted by Crippen LogP contribution is -2.48. The minimum Gasteiger partial charge on any atom is -0.493 e. The van der Waals surface area contributed by atoms with Crippen molar-refractivity contribution >= 4 is 11.9 Å². The number of rotatable bonds is 5.